The van der Waals surface area contributed by atoms with E-state index in [1.54, 1.807) is 0 Å². The van der Waals surface area contributed by atoms with Crippen molar-refractivity contribution in [3.8, 4) is 0 Å². The first-order valence-corrected chi connectivity index (χ1v) is 8.48. The molecule has 2 aromatic rings. The molecule has 0 bridgehead atoms. The third-order valence-electron chi connectivity index (χ3n) is 4.13. The van der Waals surface area contributed by atoms with Crippen LogP contribution in [0.25, 0.3) is 0 Å². The van der Waals surface area contributed by atoms with Crippen LogP contribution in [0.3, 0.4) is 0 Å². The van der Waals surface area contributed by atoms with E-state index in [1.807, 2.05) is 37.3 Å². The monoisotopic (exact) mass is 378 g/mol. The molecular formula is C20H21F3N2O2. The lowest BCUT2D eigenvalue weighted by Crippen LogP contribution is -2.34. The van der Waals surface area contributed by atoms with Gasteiger partial charge < -0.3 is 10.2 Å². The molecule has 1 N–H and O–H groups in total. The van der Waals surface area contributed by atoms with Gasteiger partial charge in [0.2, 0.25) is 11.8 Å². The number of carbonyl (C=O) groups is 2. The second kappa shape index (κ2) is 8.70. The second-order valence-corrected chi connectivity index (χ2v) is 6.17. The number of hydrogen-bond donors (Lipinski definition) is 1. The van der Waals surface area contributed by atoms with Crippen LogP contribution < -0.4 is 10.2 Å². The molecule has 2 rings (SSSR count). The van der Waals surface area contributed by atoms with E-state index in [0.29, 0.717) is 5.69 Å². The van der Waals surface area contributed by atoms with Crippen molar-refractivity contribution in [3.05, 3.63) is 65.7 Å². The highest BCUT2D eigenvalue weighted by atomic mass is 19.4. The molecule has 2 amide bonds. The molecule has 0 saturated carbocycles. The molecule has 144 valence electrons. The zero-order valence-corrected chi connectivity index (χ0v) is 15.1. The summed E-state index contributed by atoms with van der Waals surface area (Å²) in [6.45, 7) is 3.24. The van der Waals surface area contributed by atoms with Gasteiger partial charge in [0.1, 0.15) is 0 Å². The number of benzene rings is 2. The van der Waals surface area contributed by atoms with Crippen LogP contribution in [0.15, 0.2) is 54.6 Å². The number of anilines is 1. The molecule has 4 nitrogen and oxygen atoms in total. The first-order valence-electron chi connectivity index (χ1n) is 8.48. The molecule has 27 heavy (non-hydrogen) atoms. The van der Waals surface area contributed by atoms with Gasteiger partial charge in [-0.25, -0.2) is 0 Å². The van der Waals surface area contributed by atoms with Crippen LogP contribution in [0, 0.1) is 0 Å². The summed E-state index contributed by atoms with van der Waals surface area (Å²) in [5.74, 6) is -0.594. The van der Waals surface area contributed by atoms with Gasteiger partial charge in [-0.15, -0.1) is 0 Å². The van der Waals surface area contributed by atoms with Gasteiger partial charge in [0.15, 0.2) is 0 Å². The van der Waals surface area contributed by atoms with E-state index in [-0.39, 0.29) is 30.8 Å². The van der Waals surface area contributed by atoms with E-state index in [0.717, 1.165) is 17.7 Å². The first kappa shape index (κ1) is 20.5. The normalized spacial score (nSPS) is 12.3. The topological polar surface area (TPSA) is 49.4 Å². The van der Waals surface area contributed by atoms with Crippen LogP contribution in [0.4, 0.5) is 18.9 Å². The Labute approximate surface area is 156 Å². The summed E-state index contributed by atoms with van der Waals surface area (Å²) in [4.78, 5) is 25.3. The largest absolute Gasteiger partial charge is 0.416 e. The molecule has 0 aliphatic carbocycles. The Hall–Kier alpha value is -2.83. The third kappa shape index (κ3) is 5.84. The van der Waals surface area contributed by atoms with Crippen LogP contribution in [-0.2, 0) is 15.8 Å². The summed E-state index contributed by atoms with van der Waals surface area (Å²) < 4.78 is 38.0. The van der Waals surface area contributed by atoms with Crippen LogP contribution >= 0.6 is 0 Å². The maximum Gasteiger partial charge on any atom is 0.416 e. The molecule has 0 aliphatic heterocycles. The smallest absolute Gasteiger partial charge is 0.350 e. The number of carbonyl (C=O) groups excluding carboxylic acids is 2. The third-order valence-corrected chi connectivity index (χ3v) is 4.13. The van der Waals surface area contributed by atoms with Crippen molar-refractivity contribution in [2.45, 2.75) is 32.5 Å². The molecule has 2 aromatic carbocycles. The summed E-state index contributed by atoms with van der Waals surface area (Å²) in [6, 6.07) is 13.5. The van der Waals surface area contributed by atoms with Crippen molar-refractivity contribution in [1.29, 1.82) is 0 Å². The summed E-state index contributed by atoms with van der Waals surface area (Å²) in [6.07, 6.45) is -4.40. The van der Waals surface area contributed by atoms with Gasteiger partial charge in [0.25, 0.3) is 0 Å². The summed E-state index contributed by atoms with van der Waals surface area (Å²) >= 11 is 0. The number of halogens is 3. The van der Waals surface area contributed by atoms with Crippen LogP contribution in [0.5, 0.6) is 0 Å². The van der Waals surface area contributed by atoms with E-state index < -0.39 is 11.7 Å². The minimum absolute atomic E-state index is 0.0395. The van der Waals surface area contributed by atoms with E-state index in [4.69, 9.17) is 0 Å². The standard InChI is InChI=1S/C20H21F3N2O2/c1-14(16-6-4-3-5-7-16)24-19(27)12-13-25(15(2)26)18-10-8-17(9-11-18)20(21,22)23/h3-11,14H,12-13H2,1-2H3,(H,24,27). The molecule has 0 heterocycles. The highest BCUT2D eigenvalue weighted by Crippen LogP contribution is 2.30. The molecule has 0 spiro atoms. The number of hydrogen-bond acceptors (Lipinski definition) is 2. The Morgan fingerprint density at radius 1 is 1.04 bits per heavy atom. The van der Waals surface area contributed by atoms with Crippen molar-refractivity contribution in [3.63, 3.8) is 0 Å². The van der Waals surface area contributed by atoms with Crippen molar-refractivity contribution in [1.82, 2.24) is 5.32 Å². The van der Waals surface area contributed by atoms with Crippen LogP contribution in [-0.4, -0.2) is 18.4 Å². The number of amides is 2. The molecule has 1 unspecified atom stereocenters. The quantitative estimate of drug-likeness (QED) is 0.814. The highest BCUT2D eigenvalue weighted by molar-refractivity contribution is 5.92. The van der Waals surface area contributed by atoms with E-state index in [9.17, 15) is 22.8 Å². The van der Waals surface area contributed by atoms with Crippen molar-refractivity contribution in [2.75, 3.05) is 11.4 Å². The zero-order valence-electron chi connectivity index (χ0n) is 15.1. The minimum atomic E-state index is -4.44. The van der Waals surface area contributed by atoms with Crippen molar-refractivity contribution >= 4 is 17.5 Å². The fourth-order valence-corrected chi connectivity index (χ4v) is 2.65. The summed E-state index contributed by atoms with van der Waals surface area (Å²) in [5, 5.41) is 2.85. The fraction of sp³-hybridized carbons (Fsp3) is 0.300. The van der Waals surface area contributed by atoms with Gasteiger partial charge in [-0.3, -0.25) is 9.59 Å². The molecule has 0 radical (unpaired) electrons. The first-order chi connectivity index (χ1) is 12.7. The Morgan fingerprint density at radius 3 is 2.15 bits per heavy atom. The number of alkyl halides is 3. The average molecular weight is 378 g/mol. The van der Waals surface area contributed by atoms with Crippen LogP contribution in [0.2, 0.25) is 0 Å². The fourth-order valence-electron chi connectivity index (χ4n) is 2.65. The molecule has 7 heteroatoms. The van der Waals surface area contributed by atoms with Gasteiger partial charge in [0, 0.05) is 25.6 Å². The Bertz CT molecular complexity index is 774. The maximum absolute atomic E-state index is 12.7. The van der Waals surface area contributed by atoms with Gasteiger partial charge in [-0.1, -0.05) is 30.3 Å². The average Bonchev–Trinajstić information content (AvgIpc) is 2.62. The van der Waals surface area contributed by atoms with Crippen LogP contribution in [0.1, 0.15) is 37.4 Å². The molecule has 0 fully saturated rings. The molecule has 0 aromatic heterocycles. The second-order valence-electron chi connectivity index (χ2n) is 6.17. The van der Waals surface area contributed by atoms with E-state index in [2.05, 4.69) is 5.32 Å². The van der Waals surface area contributed by atoms with Crippen molar-refractivity contribution in [2.24, 2.45) is 0 Å². The maximum atomic E-state index is 12.7. The molecular weight excluding hydrogens is 357 g/mol. The van der Waals surface area contributed by atoms with E-state index >= 15 is 0 Å². The minimum Gasteiger partial charge on any atom is -0.350 e. The van der Waals surface area contributed by atoms with Gasteiger partial charge in [-0.05, 0) is 36.8 Å². The number of rotatable bonds is 6. The van der Waals surface area contributed by atoms with Gasteiger partial charge in [0.05, 0.1) is 11.6 Å². The highest BCUT2D eigenvalue weighted by Gasteiger charge is 2.30. The molecule has 1 atom stereocenters. The van der Waals surface area contributed by atoms with Gasteiger partial charge >= 0.3 is 6.18 Å². The number of nitrogens with zero attached hydrogens (tertiary/aromatic N) is 1. The zero-order chi connectivity index (χ0) is 20.0. The number of nitrogens with one attached hydrogen (secondary N) is 1. The predicted octanol–water partition coefficient (Wildman–Crippen LogP) is 4.33. The van der Waals surface area contributed by atoms with Gasteiger partial charge in [-0.2, -0.15) is 13.2 Å². The Morgan fingerprint density at radius 2 is 1.63 bits per heavy atom. The Balaban J connectivity index is 1.98. The summed E-state index contributed by atoms with van der Waals surface area (Å²) in [5.41, 5.74) is 0.487. The molecule has 0 saturated heterocycles. The SMILES string of the molecule is CC(=O)N(CCC(=O)NC(C)c1ccccc1)c1ccc(C(F)(F)F)cc1. The lowest BCUT2D eigenvalue weighted by Gasteiger charge is -2.22. The lowest BCUT2D eigenvalue weighted by molar-refractivity contribution is -0.137. The van der Waals surface area contributed by atoms with E-state index in [1.165, 1.54) is 24.0 Å². The predicted molar refractivity (Wildman–Crippen MR) is 97.1 cm³/mol. The molecule has 0 aliphatic rings. The Kier molecular flexibility index (Phi) is 6.60. The lowest BCUT2D eigenvalue weighted by atomic mass is 10.1. The summed E-state index contributed by atoms with van der Waals surface area (Å²) in [7, 11) is 0. The van der Waals surface area contributed by atoms with Crippen molar-refractivity contribution < 1.29 is 22.8 Å².